The first-order valence-corrected chi connectivity index (χ1v) is 39.0. The number of rotatable bonds is 18. The fourth-order valence-electron chi connectivity index (χ4n) is 8.89. The van der Waals surface area contributed by atoms with Gasteiger partial charge in [-0.15, -0.1) is 0 Å². The predicted octanol–water partition coefficient (Wildman–Crippen LogP) is -7.99. The second-order valence-electron chi connectivity index (χ2n) is 20.5. The lowest BCUT2D eigenvalue weighted by Crippen LogP contribution is -2.62. The Kier molecular flexibility index (Phi) is 27.4. The van der Waals surface area contributed by atoms with Gasteiger partial charge in [0.25, 0.3) is 16.7 Å². The number of phosphoric acid groups is 6. The second-order valence-corrected chi connectivity index (χ2v) is 34.2. The summed E-state index contributed by atoms with van der Waals surface area (Å²) in [7, 11) is -27.6. The summed E-state index contributed by atoms with van der Waals surface area (Å²) in [5.41, 5.74) is -6.03. The number of hydrogen-bond donors (Lipinski definition) is 19. The van der Waals surface area contributed by atoms with E-state index in [0.29, 0.717) is 13.7 Å². The van der Waals surface area contributed by atoms with Crippen molar-refractivity contribution in [3.05, 3.63) is 125 Å². The molecular formula is C39H59Cl2N9O42P7+. The lowest BCUT2D eigenvalue weighted by Gasteiger charge is -2.27. The van der Waals surface area contributed by atoms with Gasteiger partial charge in [-0.1, -0.05) is 0 Å². The number of hydrogen-bond acceptors (Lipinski definition) is 36. The fraction of sp³-hybridized carbons (Fsp3) is 0.615. The van der Waals surface area contributed by atoms with E-state index in [9.17, 15) is 116 Å². The van der Waals surface area contributed by atoms with Gasteiger partial charge in [0.2, 0.25) is 6.23 Å². The minimum absolute atomic E-state index is 0.0274. The number of ether oxygens (including phenoxy) is 4. The van der Waals surface area contributed by atoms with Gasteiger partial charge >= 0.3 is 81.5 Å². The molecule has 9 heterocycles. The minimum atomic E-state index is -5.74. The Bertz CT molecular complexity index is 4450. The summed E-state index contributed by atoms with van der Waals surface area (Å²) in [6.45, 7) is -2.89. The zero-order valence-corrected chi connectivity index (χ0v) is 57.5. The third-order valence-electron chi connectivity index (χ3n) is 13.8. The topological polar surface area (TPSA) is 757 Å². The highest BCUT2D eigenvalue weighted by molar-refractivity contribution is 8.05. The molecule has 0 aromatic carbocycles. The van der Waals surface area contributed by atoms with Crippen molar-refractivity contribution >= 4 is 75.5 Å². The monoisotopic (exact) mass is 1610 g/mol. The summed E-state index contributed by atoms with van der Waals surface area (Å²) >= 11 is 10.4. The average Bonchev–Trinajstić information content (AvgIpc) is 1.39. The van der Waals surface area contributed by atoms with Crippen LogP contribution < -0.4 is 49.7 Å². The van der Waals surface area contributed by atoms with Gasteiger partial charge in [0, 0.05) is 39.7 Å². The molecule has 20 atom stereocenters. The van der Waals surface area contributed by atoms with Gasteiger partial charge < -0.3 is 114 Å². The van der Waals surface area contributed by atoms with E-state index in [1.165, 1.54) is 14.1 Å². The van der Waals surface area contributed by atoms with Crippen LogP contribution in [0, 0.1) is 0 Å². The zero-order valence-electron chi connectivity index (χ0n) is 49.7. The van der Waals surface area contributed by atoms with Gasteiger partial charge in [0.15, 0.2) is 6.33 Å². The molecule has 60 heteroatoms. The van der Waals surface area contributed by atoms with E-state index in [2.05, 4.69) is 55.1 Å². The number of aromatic amines is 4. The summed E-state index contributed by atoms with van der Waals surface area (Å²) in [4.78, 5) is 156. The number of aromatic nitrogens is 9. The van der Waals surface area contributed by atoms with Crippen molar-refractivity contribution < 1.29 is 166 Å². The lowest BCUT2D eigenvalue weighted by atomic mass is 10.0. The van der Waals surface area contributed by atoms with E-state index in [4.69, 9.17) is 71.0 Å². The average molecular weight is 1610 g/mol. The third kappa shape index (κ3) is 21.0. The maximum absolute atomic E-state index is 12.2. The van der Waals surface area contributed by atoms with Crippen LogP contribution in [0.25, 0.3) is 0 Å². The number of aliphatic hydroxyl groups excluding tert-OH is 9. The third-order valence-corrected chi connectivity index (χ3v) is 24.0. The smallest absolute Gasteiger partial charge is 0.394 e. The van der Waals surface area contributed by atoms with Crippen LogP contribution in [0.1, 0.15) is 41.2 Å². The van der Waals surface area contributed by atoms with Crippen LogP contribution in [0.4, 0.5) is 0 Å². The van der Waals surface area contributed by atoms with Gasteiger partial charge in [-0.05, 0) is 22.5 Å². The molecule has 5 saturated heterocycles. The van der Waals surface area contributed by atoms with Gasteiger partial charge in [0.05, 0.1) is 50.2 Å². The zero-order chi connectivity index (χ0) is 74.9. The Balaban J connectivity index is 0.000000212. The highest BCUT2D eigenvalue weighted by Gasteiger charge is 2.56. The van der Waals surface area contributed by atoms with Crippen molar-refractivity contribution in [3.8, 4) is 0 Å². The summed E-state index contributed by atoms with van der Waals surface area (Å²) < 4.78 is 137. The van der Waals surface area contributed by atoms with E-state index < -0.39 is 222 Å². The fourth-order valence-corrected chi connectivity index (χ4v) is 17.5. The summed E-state index contributed by atoms with van der Waals surface area (Å²) in [6, 6.07) is 0. The van der Waals surface area contributed by atoms with Crippen LogP contribution >= 0.6 is 75.5 Å². The van der Waals surface area contributed by atoms with Gasteiger partial charge in [-0.25, -0.2) is 56.3 Å². The largest absolute Gasteiger partial charge is 0.492 e. The van der Waals surface area contributed by atoms with Crippen LogP contribution in [-0.4, -0.2) is 213 Å². The second kappa shape index (κ2) is 32.4. The van der Waals surface area contributed by atoms with Crippen LogP contribution in [0.15, 0.2) is 63.3 Å². The molecule has 0 aliphatic carbocycles. The Hall–Kier alpha value is -4.24. The molecule has 4 aromatic heterocycles. The summed E-state index contributed by atoms with van der Waals surface area (Å²) in [6.07, 6.45) is -22.6. The molecule has 9 rings (SSSR count). The van der Waals surface area contributed by atoms with Crippen LogP contribution in [0.5, 0.6) is 0 Å². The SMILES string of the molecule is Cn1c(=O)[nH]c[n+]([C@@H]2O[C@H](COP(=O)(O)OP(=O)(O)OP(=O)(O)O)C(O)[C@@H]2O)c1=O.Cn1c(=O)[nH]cc([C@@H]2O[C@H](CO)C(O)[C@@H]2O)c1=O.Cn1c(=O)[nH]cc([C@@H]2O[C@H](COP(=O)(Cl)Cl)C(O)[C@@H]2O)c1=O.Cn1c(=O)[nH]cc([C@@H]2O[C@H](COP3(=O)OP(=O)(O)OP(=O)(O)O3)C(O)[C@@H]2O)c1=O. The molecule has 19 N–H and O–H groups in total. The van der Waals surface area contributed by atoms with Crippen molar-refractivity contribution in [2.45, 2.75) is 97.8 Å². The van der Waals surface area contributed by atoms with E-state index in [-0.39, 0.29) is 16.7 Å². The first-order chi connectivity index (χ1) is 45.3. The predicted molar refractivity (Wildman–Crippen MR) is 313 cm³/mol. The Morgan fingerprint density at radius 3 is 1.25 bits per heavy atom. The van der Waals surface area contributed by atoms with E-state index >= 15 is 0 Å². The molecule has 5 aliphatic rings. The molecule has 0 radical (unpaired) electrons. The van der Waals surface area contributed by atoms with Gasteiger partial charge in [-0.3, -0.25) is 41.7 Å². The highest BCUT2D eigenvalue weighted by Crippen LogP contribution is 2.80. The number of nitrogens with zero attached hydrogens (tertiary/aromatic N) is 5. The van der Waals surface area contributed by atoms with Gasteiger partial charge in [-0.2, -0.15) is 30.7 Å². The lowest BCUT2D eigenvalue weighted by molar-refractivity contribution is -0.783. The number of H-pyrrole nitrogens is 4. The van der Waals surface area contributed by atoms with E-state index in [1.807, 2.05) is 0 Å². The van der Waals surface area contributed by atoms with Crippen molar-refractivity contribution in [2.24, 2.45) is 28.2 Å². The summed E-state index contributed by atoms with van der Waals surface area (Å²) in [5.74, 6) is 0. The number of nitrogens with one attached hydrogen (secondary N) is 4. The molecule has 99 heavy (non-hydrogen) atoms. The normalized spacial score (nSPS) is 33.5. The molecule has 0 spiro atoms. The summed E-state index contributed by atoms with van der Waals surface area (Å²) in [5, 5.41) is 88.5. The van der Waals surface area contributed by atoms with Crippen LogP contribution in [0.3, 0.4) is 0 Å². The Morgan fingerprint density at radius 1 is 0.495 bits per heavy atom. The highest BCUT2D eigenvalue weighted by atomic mass is 35.9. The first-order valence-electron chi connectivity index (χ1n) is 26.5. The maximum Gasteiger partial charge on any atom is 0.492 e. The molecule has 8 unspecified atom stereocenters. The molecular weight excluding hydrogens is 1550 g/mol. The number of halogens is 2. The molecule has 0 amide bonds. The standard InChI is InChI=1S/C10H13Cl2N2O7P.C10H15N2O14P3.C10H14N2O6.C9H16N3O15P3/c1-14-9(17)4(2-13-10(14)18)8-7(16)6(15)5(21-8)3-20-22(11,12)19;1-12-9(15)4(2-11-10(12)16)8-7(14)6(13)5(23-8)3-22-29(21)25-27(17,18)24-28(19,20)26-29;1-12-9(16)4(2-11-10(12)17)8-7(15)6(14)5(3-13)18-8;1-11-8(15)10-3-12(9(11)16)7-6(14)5(13)4(25-7)2-24-29(20,21)27-30(22,23)26-28(17,18)19/h2,5-8,15-16H,3H2,1H3,(H,13,18);2,5-8,13-14H,3H2,1H3,(H,11,16)(H,17,18)(H,19,20);2,5-8,13-15H,3H2,1H3,(H,11,17);3-7,13-14H,2H2,1H3,(H4,17,18,19,20,21,22,23)/p+1/t3*5-,6?,7+,8+;4-,5?,6+,7-/m1111/s1. The molecule has 51 nitrogen and oxygen atoms in total. The number of aliphatic hydroxyl groups is 9. The molecule has 0 saturated carbocycles. The first kappa shape index (κ1) is 83.7. The Morgan fingerprint density at radius 2 is 0.859 bits per heavy atom. The van der Waals surface area contributed by atoms with Crippen molar-refractivity contribution in [1.82, 2.24) is 38.2 Å². The van der Waals surface area contributed by atoms with Gasteiger partial charge in [0.1, 0.15) is 91.6 Å². The quantitative estimate of drug-likeness (QED) is 0.0325. The maximum atomic E-state index is 12.2. The van der Waals surface area contributed by atoms with Crippen LogP contribution in [0.2, 0.25) is 0 Å². The van der Waals surface area contributed by atoms with E-state index in [1.54, 1.807) is 0 Å². The molecule has 0 bridgehead atoms. The number of phosphoric ester groups is 1. The Labute approximate surface area is 555 Å². The van der Waals surface area contributed by atoms with Crippen molar-refractivity contribution in [2.75, 3.05) is 26.4 Å². The van der Waals surface area contributed by atoms with Crippen molar-refractivity contribution in [3.63, 3.8) is 0 Å². The molecule has 5 fully saturated rings. The molecule has 5 aliphatic heterocycles. The minimum Gasteiger partial charge on any atom is -0.394 e. The molecule has 560 valence electrons. The van der Waals surface area contributed by atoms with Crippen LogP contribution in [-0.2, 0) is 114 Å². The molecule has 4 aromatic rings. The van der Waals surface area contributed by atoms with Crippen molar-refractivity contribution in [1.29, 1.82) is 0 Å². The van der Waals surface area contributed by atoms with E-state index in [0.717, 1.165) is 48.1 Å².